The van der Waals surface area contributed by atoms with Gasteiger partial charge in [0.2, 0.25) is 0 Å². The van der Waals surface area contributed by atoms with E-state index in [4.69, 9.17) is 11.6 Å². The maximum absolute atomic E-state index is 13.1. The van der Waals surface area contributed by atoms with Crippen LogP contribution in [0.5, 0.6) is 5.75 Å². The van der Waals surface area contributed by atoms with Crippen LogP contribution in [0, 0.1) is 13.8 Å². The van der Waals surface area contributed by atoms with E-state index >= 15 is 0 Å². The zero-order valence-electron chi connectivity index (χ0n) is 16.8. The number of hydrogen-bond donors (Lipinski definition) is 2. The van der Waals surface area contributed by atoms with Crippen LogP contribution in [0.25, 0.3) is 5.76 Å². The van der Waals surface area contributed by atoms with Crippen molar-refractivity contribution in [3.8, 4) is 5.75 Å². The molecule has 1 unspecified atom stereocenters. The van der Waals surface area contributed by atoms with Gasteiger partial charge in [-0.25, -0.2) is 0 Å². The number of amides is 1. The Morgan fingerprint density at radius 3 is 2.35 bits per heavy atom. The number of halogens is 1. The van der Waals surface area contributed by atoms with Gasteiger partial charge in [-0.3, -0.25) is 19.5 Å². The van der Waals surface area contributed by atoms with E-state index in [0.29, 0.717) is 16.8 Å². The summed E-state index contributed by atoms with van der Waals surface area (Å²) in [6.45, 7) is 3.87. The molecule has 0 bridgehead atoms. The number of nitrogens with zero attached hydrogens (tertiary/aromatic N) is 2. The first-order chi connectivity index (χ1) is 14.8. The van der Waals surface area contributed by atoms with Crippen molar-refractivity contribution < 1.29 is 19.8 Å². The summed E-state index contributed by atoms with van der Waals surface area (Å²) < 4.78 is 0. The molecule has 0 radical (unpaired) electrons. The number of rotatable bonds is 3. The summed E-state index contributed by atoms with van der Waals surface area (Å²) in [4.78, 5) is 31.5. The molecular formula is C24H19ClN2O4. The summed E-state index contributed by atoms with van der Waals surface area (Å²) in [7, 11) is 0. The van der Waals surface area contributed by atoms with Crippen LogP contribution in [0.4, 0.5) is 5.69 Å². The number of aliphatic hydroxyl groups excluding tert-OH is 1. The highest BCUT2D eigenvalue weighted by Gasteiger charge is 2.47. The molecule has 1 fully saturated rings. The summed E-state index contributed by atoms with van der Waals surface area (Å²) in [5.74, 6) is -1.99. The lowest BCUT2D eigenvalue weighted by Crippen LogP contribution is -2.29. The number of Topliss-reactive ketones (excluding diaryl/α,β-unsaturated/α-hetero) is 1. The molecule has 4 rings (SSSR count). The van der Waals surface area contributed by atoms with Crippen molar-refractivity contribution >= 4 is 34.7 Å². The second kappa shape index (κ2) is 7.89. The summed E-state index contributed by atoms with van der Waals surface area (Å²) in [5.41, 5.74) is 3.31. The normalized spacial score (nSPS) is 17.9. The summed E-state index contributed by atoms with van der Waals surface area (Å²) in [5, 5.41) is 20.9. The lowest BCUT2D eigenvalue weighted by Gasteiger charge is -2.26. The molecule has 1 atom stereocenters. The maximum atomic E-state index is 13.1. The van der Waals surface area contributed by atoms with Crippen molar-refractivity contribution in [2.75, 3.05) is 4.90 Å². The van der Waals surface area contributed by atoms with Gasteiger partial charge in [-0.1, -0.05) is 23.7 Å². The Morgan fingerprint density at radius 2 is 1.71 bits per heavy atom. The van der Waals surface area contributed by atoms with Gasteiger partial charge < -0.3 is 10.2 Å². The lowest BCUT2D eigenvalue weighted by molar-refractivity contribution is -0.132. The Bertz CT molecular complexity index is 1240. The van der Waals surface area contributed by atoms with Crippen LogP contribution >= 0.6 is 11.6 Å². The molecule has 1 aliphatic rings. The van der Waals surface area contributed by atoms with E-state index in [1.54, 1.807) is 24.3 Å². The number of carbonyl (C=O) groups excluding carboxylic acids is 2. The third-order valence-electron chi connectivity index (χ3n) is 5.45. The second-order valence-electron chi connectivity index (χ2n) is 7.38. The number of aliphatic hydroxyl groups is 1. The first-order valence-electron chi connectivity index (χ1n) is 9.56. The van der Waals surface area contributed by atoms with Gasteiger partial charge in [-0.15, -0.1) is 0 Å². The summed E-state index contributed by atoms with van der Waals surface area (Å²) in [6.07, 6.45) is 2.97. The average Bonchev–Trinajstić information content (AvgIpc) is 3.03. The molecule has 31 heavy (non-hydrogen) atoms. The Kier molecular flexibility index (Phi) is 5.25. The Morgan fingerprint density at radius 1 is 1.00 bits per heavy atom. The van der Waals surface area contributed by atoms with Crippen molar-refractivity contribution in [1.29, 1.82) is 0 Å². The molecule has 0 saturated carbocycles. The fourth-order valence-corrected chi connectivity index (χ4v) is 3.84. The number of hydrogen-bond acceptors (Lipinski definition) is 5. The first-order valence-corrected chi connectivity index (χ1v) is 9.94. The third-order valence-corrected chi connectivity index (χ3v) is 5.76. The zero-order chi connectivity index (χ0) is 22.3. The number of aromatic hydroxyl groups is 1. The minimum absolute atomic E-state index is 0.0591. The SMILES string of the molecule is Cc1ccc(N2C(=O)C(=O)/C(=C(/O)c3ccncc3)C2c2ccc(O)c(Cl)c2)cc1C. The van der Waals surface area contributed by atoms with Gasteiger partial charge in [0.05, 0.1) is 16.6 Å². The van der Waals surface area contributed by atoms with Gasteiger partial charge in [-0.2, -0.15) is 0 Å². The molecule has 6 nitrogen and oxygen atoms in total. The molecular weight excluding hydrogens is 416 g/mol. The van der Waals surface area contributed by atoms with E-state index in [1.807, 2.05) is 26.0 Å². The number of anilines is 1. The lowest BCUT2D eigenvalue weighted by atomic mass is 9.95. The van der Waals surface area contributed by atoms with Gasteiger partial charge in [0.25, 0.3) is 11.7 Å². The summed E-state index contributed by atoms with van der Waals surface area (Å²) >= 11 is 6.12. The first kappa shape index (κ1) is 20.6. The van der Waals surface area contributed by atoms with Crippen molar-refractivity contribution in [2.45, 2.75) is 19.9 Å². The maximum Gasteiger partial charge on any atom is 0.300 e. The molecule has 1 aromatic heterocycles. The molecule has 156 valence electrons. The molecule has 0 spiro atoms. The van der Waals surface area contributed by atoms with Gasteiger partial charge >= 0.3 is 0 Å². The van der Waals surface area contributed by atoms with Crippen LogP contribution in [0.3, 0.4) is 0 Å². The number of carbonyl (C=O) groups is 2. The summed E-state index contributed by atoms with van der Waals surface area (Å²) in [6, 6.07) is 12.1. The second-order valence-corrected chi connectivity index (χ2v) is 7.79. The largest absolute Gasteiger partial charge is 0.507 e. The van der Waals surface area contributed by atoms with Gasteiger partial charge in [0.15, 0.2) is 0 Å². The van der Waals surface area contributed by atoms with Crippen LogP contribution in [0.15, 0.2) is 66.5 Å². The number of phenolic OH excluding ortho intramolecular Hbond substituents is 1. The van der Waals surface area contributed by atoms with Crippen LogP contribution < -0.4 is 4.90 Å². The van der Waals surface area contributed by atoms with Gasteiger partial charge in [0, 0.05) is 23.6 Å². The smallest absolute Gasteiger partial charge is 0.300 e. The standard InChI is InChI=1S/C24H19ClN2O4/c1-13-3-5-17(11-14(13)2)27-21(16-4-6-19(28)18(25)12-16)20(23(30)24(27)31)22(29)15-7-9-26-10-8-15/h3-12,21,28-29H,1-2H3/b22-20+. The Hall–Kier alpha value is -3.64. The number of pyridine rings is 1. The van der Waals surface area contributed by atoms with Crippen LogP contribution in [0.2, 0.25) is 5.02 Å². The molecule has 1 aliphatic heterocycles. The molecule has 7 heteroatoms. The van der Waals surface area contributed by atoms with Crippen LogP contribution in [-0.2, 0) is 9.59 Å². The van der Waals surface area contributed by atoms with Crippen molar-refractivity contribution in [2.24, 2.45) is 0 Å². The van der Waals surface area contributed by atoms with E-state index in [1.165, 1.54) is 29.4 Å². The van der Waals surface area contributed by atoms with Crippen LogP contribution in [0.1, 0.15) is 28.3 Å². The predicted molar refractivity (Wildman–Crippen MR) is 118 cm³/mol. The molecule has 2 aromatic carbocycles. The quantitative estimate of drug-likeness (QED) is 0.354. The number of phenols is 1. The van der Waals surface area contributed by atoms with E-state index < -0.39 is 17.7 Å². The van der Waals surface area contributed by atoms with E-state index in [9.17, 15) is 19.8 Å². The van der Waals surface area contributed by atoms with E-state index in [0.717, 1.165) is 11.1 Å². The molecule has 1 amide bonds. The Labute approximate surface area is 184 Å². The predicted octanol–water partition coefficient (Wildman–Crippen LogP) is 4.68. The minimum atomic E-state index is -0.923. The molecule has 2 heterocycles. The fraction of sp³-hybridized carbons (Fsp3) is 0.125. The number of benzene rings is 2. The number of ketones is 1. The number of aromatic nitrogens is 1. The Balaban J connectivity index is 1.98. The molecule has 2 N–H and O–H groups in total. The van der Waals surface area contributed by atoms with Gasteiger partial charge in [0.1, 0.15) is 11.5 Å². The number of aryl methyl sites for hydroxylation is 2. The minimum Gasteiger partial charge on any atom is -0.507 e. The van der Waals surface area contributed by atoms with E-state index in [2.05, 4.69) is 4.98 Å². The van der Waals surface area contributed by atoms with Crippen LogP contribution in [-0.4, -0.2) is 26.9 Å². The van der Waals surface area contributed by atoms with Crippen molar-refractivity contribution in [3.05, 3.63) is 93.8 Å². The highest BCUT2D eigenvalue weighted by molar-refractivity contribution is 6.51. The highest BCUT2D eigenvalue weighted by Crippen LogP contribution is 2.43. The molecule has 1 saturated heterocycles. The molecule has 3 aromatic rings. The van der Waals surface area contributed by atoms with Gasteiger partial charge in [-0.05, 0) is 66.9 Å². The van der Waals surface area contributed by atoms with Crippen molar-refractivity contribution in [3.63, 3.8) is 0 Å². The monoisotopic (exact) mass is 434 g/mol. The van der Waals surface area contributed by atoms with E-state index in [-0.39, 0.29) is 22.1 Å². The van der Waals surface area contributed by atoms with Crippen molar-refractivity contribution in [1.82, 2.24) is 4.98 Å². The molecule has 0 aliphatic carbocycles. The average molecular weight is 435 g/mol. The zero-order valence-corrected chi connectivity index (χ0v) is 17.6. The highest BCUT2D eigenvalue weighted by atomic mass is 35.5. The fourth-order valence-electron chi connectivity index (χ4n) is 3.65. The topological polar surface area (TPSA) is 90.7 Å². The third kappa shape index (κ3) is 3.55.